The number of aliphatic imine (C=N–C) groups is 1. The first kappa shape index (κ1) is 19.0. The van der Waals surface area contributed by atoms with E-state index in [0.29, 0.717) is 17.9 Å². The van der Waals surface area contributed by atoms with Gasteiger partial charge in [-0.3, -0.25) is 4.99 Å². The Morgan fingerprint density at radius 2 is 1.85 bits per heavy atom. The van der Waals surface area contributed by atoms with Gasteiger partial charge in [-0.2, -0.15) is 0 Å². The fraction of sp³-hybridized carbons (Fsp3) is 0.533. The van der Waals surface area contributed by atoms with Crippen LogP contribution >= 0.6 is 24.0 Å². The van der Waals surface area contributed by atoms with Crippen LogP contribution in [0.4, 0.5) is 0 Å². The van der Waals surface area contributed by atoms with Gasteiger partial charge in [-0.05, 0) is 43.9 Å². The summed E-state index contributed by atoms with van der Waals surface area (Å²) in [5.74, 6) is 1.87. The molecule has 4 nitrogen and oxygen atoms in total. The SMILES string of the molecule is COc1ccc(CC(C)CN=C(N)NC(C)C)cc1.I. The molecular formula is C15H26IN3O. The third kappa shape index (κ3) is 7.57. The predicted molar refractivity (Wildman–Crippen MR) is 96.0 cm³/mol. The number of hydrogen-bond donors (Lipinski definition) is 2. The molecule has 0 amide bonds. The maximum atomic E-state index is 5.78. The molecule has 0 aliphatic carbocycles. The van der Waals surface area contributed by atoms with Crippen LogP contribution in [0.5, 0.6) is 5.75 Å². The Bertz CT molecular complexity index is 404. The van der Waals surface area contributed by atoms with Crippen LogP contribution in [0.15, 0.2) is 29.3 Å². The van der Waals surface area contributed by atoms with Gasteiger partial charge in [0.1, 0.15) is 5.75 Å². The average Bonchev–Trinajstić information content (AvgIpc) is 2.36. The highest BCUT2D eigenvalue weighted by Crippen LogP contribution is 2.14. The van der Waals surface area contributed by atoms with Crippen LogP contribution in [0, 0.1) is 5.92 Å². The number of nitrogens with two attached hydrogens (primary N) is 1. The molecule has 0 aliphatic heterocycles. The van der Waals surface area contributed by atoms with Gasteiger partial charge in [-0.25, -0.2) is 0 Å². The van der Waals surface area contributed by atoms with Gasteiger partial charge in [0, 0.05) is 12.6 Å². The molecule has 1 aromatic rings. The second-order valence-electron chi connectivity index (χ2n) is 5.18. The van der Waals surface area contributed by atoms with Crippen molar-refractivity contribution in [1.82, 2.24) is 5.32 Å². The minimum Gasteiger partial charge on any atom is -0.497 e. The van der Waals surface area contributed by atoms with Crippen LogP contribution in [0.1, 0.15) is 26.3 Å². The molecule has 1 atom stereocenters. The smallest absolute Gasteiger partial charge is 0.188 e. The molecule has 1 rings (SSSR count). The number of halogens is 1. The summed E-state index contributed by atoms with van der Waals surface area (Å²) >= 11 is 0. The minimum absolute atomic E-state index is 0. The van der Waals surface area contributed by atoms with Crippen LogP contribution in [0.2, 0.25) is 0 Å². The van der Waals surface area contributed by atoms with E-state index in [1.165, 1.54) is 5.56 Å². The van der Waals surface area contributed by atoms with E-state index >= 15 is 0 Å². The fourth-order valence-corrected chi connectivity index (χ4v) is 1.82. The van der Waals surface area contributed by atoms with E-state index in [0.717, 1.165) is 18.7 Å². The molecule has 5 heteroatoms. The van der Waals surface area contributed by atoms with Gasteiger partial charge in [-0.1, -0.05) is 19.1 Å². The highest BCUT2D eigenvalue weighted by atomic mass is 127. The fourth-order valence-electron chi connectivity index (χ4n) is 1.82. The molecule has 3 N–H and O–H groups in total. The Kier molecular flexibility index (Phi) is 9.37. The Morgan fingerprint density at radius 1 is 1.25 bits per heavy atom. The van der Waals surface area contributed by atoms with Gasteiger partial charge >= 0.3 is 0 Å². The summed E-state index contributed by atoms with van der Waals surface area (Å²) in [6, 6.07) is 8.48. The largest absolute Gasteiger partial charge is 0.497 e. The minimum atomic E-state index is 0. The van der Waals surface area contributed by atoms with Crippen molar-refractivity contribution in [3.63, 3.8) is 0 Å². The Balaban J connectivity index is 0.00000361. The van der Waals surface area contributed by atoms with Crippen molar-refractivity contribution in [3.05, 3.63) is 29.8 Å². The quantitative estimate of drug-likeness (QED) is 0.446. The van der Waals surface area contributed by atoms with Gasteiger partial charge in [0.2, 0.25) is 0 Å². The maximum absolute atomic E-state index is 5.78. The normalized spacial score (nSPS) is 12.8. The molecule has 20 heavy (non-hydrogen) atoms. The third-order valence-corrected chi connectivity index (χ3v) is 2.75. The maximum Gasteiger partial charge on any atom is 0.188 e. The summed E-state index contributed by atoms with van der Waals surface area (Å²) in [5, 5.41) is 3.09. The van der Waals surface area contributed by atoms with Gasteiger partial charge in [0.25, 0.3) is 0 Å². The molecule has 0 fully saturated rings. The first-order valence-electron chi connectivity index (χ1n) is 6.70. The zero-order valence-corrected chi connectivity index (χ0v) is 15.0. The standard InChI is InChI=1S/C15H25N3O.HI/c1-11(2)18-15(16)17-10-12(3)9-13-5-7-14(19-4)8-6-13;/h5-8,11-12H,9-10H2,1-4H3,(H3,16,17,18);1H. The van der Waals surface area contributed by atoms with Gasteiger partial charge in [0.05, 0.1) is 7.11 Å². The number of ether oxygens (including phenoxy) is 1. The van der Waals surface area contributed by atoms with Crippen LogP contribution in [0.3, 0.4) is 0 Å². The molecule has 0 aliphatic rings. The first-order valence-corrected chi connectivity index (χ1v) is 6.70. The lowest BCUT2D eigenvalue weighted by Gasteiger charge is -2.12. The number of nitrogens with zero attached hydrogens (tertiary/aromatic N) is 1. The Hall–Kier alpha value is -0.980. The van der Waals surface area contributed by atoms with Crippen LogP contribution in [-0.4, -0.2) is 25.7 Å². The van der Waals surface area contributed by atoms with Gasteiger partial charge < -0.3 is 15.8 Å². The summed E-state index contributed by atoms with van der Waals surface area (Å²) in [5.41, 5.74) is 7.07. The number of rotatable bonds is 6. The van der Waals surface area contributed by atoms with E-state index in [9.17, 15) is 0 Å². The lowest BCUT2D eigenvalue weighted by Crippen LogP contribution is -2.37. The summed E-state index contributed by atoms with van der Waals surface area (Å²) in [6.45, 7) is 7.00. The van der Waals surface area contributed by atoms with E-state index in [-0.39, 0.29) is 24.0 Å². The average molecular weight is 391 g/mol. The molecule has 0 aromatic heterocycles. The zero-order chi connectivity index (χ0) is 14.3. The van der Waals surface area contributed by atoms with E-state index in [1.54, 1.807) is 7.11 Å². The third-order valence-electron chi connectivity index (χ3n) is 2.75. The lowest BCUT2D eigenvalue weighted by atomic mass is 10.0. The Labute approximate surface area is 139 Å². The van der Waals surface area contributed by atoms with E-state index in [2.05, 4.69) is 29.4 Å². The van der Waals surface area contributed by atoms with Crippen molar-refractivity contribution >= 4 is 29.9 Å². The lowest BCUT2D eigenvalue weighted by molar-refractivity contribution is 0.414. The second-order valence-corrected chi connectivity index (χ2v) is 5.18. The molecule has 0 saturated heterocycles. The number of guanidine groups is 1. The van der Waals surface area contributed by atoms with Crippen molar-refractivity contribution in [2.45, 2.75) is 33.2 Å². The number of hydrogen-bond acceptors (Lipinski definition) is 2. The summed E-state index contributed by atoms with van der Waals surface area (Å²) < 4.78 is 5.14. The van der Waals surface area contributed by atoms with Gasteiger partial charge in [0.15, 0.2) is 5.96 Å². The van der Waals surface area contributed by atoms with Crippen LogP contribution < -0.4 is 15.8 Å². The highest BCUT2D eigenvalue weighted by Gasteiger charge is 2.04. The molecular weight excluding hydrogens is 365 g/mol. The summed E-state index contributed by atoms with van der Waals surface area (Å²) in [4.78, 5) is 4.35. The number of benzene rings is 1. The Morgan fingerprint density at radius 3 is 2.35 bits per heavy atom. The van der Waals surface area contributed by atoms with Crippen molar-refractivity contribution in [2.24, 2.45) is 16.6 Å². The van der Waals surface area contributed by atoms with Crippen molar-refractivity contribution in [3.8, 4) is 5.75 Å². The van der Waals surface area contributed by atoms with Crippen molar-refractivity contribution < 1.29 is 4.74 Å². The highest BCUT2D eigenvalue weighted by molar-refractivity contribution is 14.0. The van der Waals surface area contributed by atoms with E-state index in [1.807, 2.05) is 26.0 Å². The first-order chi connectivity index (χ1) is 9.01. The van der Waals surface area contributed by atoms with Crippen molar-refractivity contribution in [2.75, 3.05) is 13.7 Å². The van der Waals surface area contributed by atoms with Crippen LogP contribution in [-0.2, 0) is 6.42 Å². The molecule has 0 saturated carbocycles. The molecule has 0 heterocycles. The summed E-state index contributed by atoms with van der Waals surface area (Å²) in [7, 11) is 1.68. The molecule has 114 valence electrons. The molecule has 0 radical (unpaired) electrons. The van der Waals surface area contributed by atoms with Crippen LogP contribution in [0.25, 0.3) is 0 Å². The molecule has 0 spiro atoms. The molecule has 1 unspecified atom stereocenters. The molecule has 0 bridgehead atoms. The second kappa shape index (κ2) is 9.85. The number of methoxy groups -OCH3 is 1. The van der Waals surface area contributed by atoms with E-state index < -0.39 is 0 Å². The molecule has 1 aromatic carbocycles. The summed E-state index contributed by atoms with van der Waals surface area (Å²) in [6.07, 6.45) is 0.989. The van der Waals surface area contributed by atoms with E-state index in [4.69, 9.17) is 10.5 Å². The zero-order valence-electron chi connectivity index (χ0n) is 12.7. The predicted octanol–water partition coefficient (Wildman–Crippen LogP) is 2.80. The van der Waals surface area contributed by atoms with Crippen molar-refractivity contribution in [1.29, 1.82) is 0 Å². The van der Waals surface area contributed by atoms with Gasteiger partial charge in [-0.15, -0.1) is 24.0 Å². The number of nitrogens with one attached hydrogen (secondary N) is 1. The topological polar surface area (TPSA) is 59.6 Å². The monoisotopic (exact) mass is 391 g/mol.